The van der Waals surface area contributed by atoms with Gasteiger partial charge in [-0.2, -0.15) is 64.4 Å². The molecule has 0 radical (unpaired) electrons. The fraction of sp³-hybridized carbons (Fsp3) is 0.800. The monoisotopic (exact) mass is 735 g/mol. The van der Waals surface area contributed by atoms with Crippen molar-refractivity contribution in [3.63, 3.8) is 0 Å². The van der Waals surface area contributed by atoms with Crippen LogP contribution in [-0.2, 0) is 49.7 Å². The van der Waals surface area contributed by atoms with Gasteiger partial charge in [0.2, 0.25) is 5.54 Å². The van der Waals surface area contributed by atoms with E-state index in [4.69, 9.17) is 0 Å². The van der Waals surface area contributed by atoms with Gasteiger partial charge in [0.05, 0.1) is 0 Å². The molecule has 0 aromatic rings. The smallest absolute Gasteiger partial charge is 0.479 e. The van der Waals surface area contributed by atoms with Gasteiger partial charge in [-0.05, 0) is 6.26 Å². The molecule has 3 N–H and O–H groups in total. The van der Waals surface area contributed by atoms with Crippen LogP contribution in [0.2, 0.25) is 0 Å². The Morgan fingerprint density at radius 1 is 0.683 bits per heavy atom. The first-order valence-corrected chi connectivity index (χ1v) is 15.5. The van der Waals surface area contributed by atoms with E-state index in [9.17, 15) is 101 Å². The number of rotatable bonds is 11. The standard InChI is InChI=1S/C10H9F12N3O11S5/c1-37-3-6(5(23,2-26)4(27)28,24(38(29,30)7(11,12)13)39(31,32)8(14,15)16)25(40(33,34)9(17,18)19)41(35,36)10(20,21)22/h2H,3,23H2,1H3,(H,27,28). The number of carboxylic acid groups (broad SMARTS) is 1. The van der Waals surface area contributed by atoms with Crippen LogP contribution in [0.4, 0.5) is 52.7 Å². The van der Waals surface area contributed by atoms with Gasteiger partial charge in [0, 0.05) is 5.75 Å². The second-order valence-electron chi connectivity index (χ2n) is 6.74. The summed E-state index contributed by atoms with van der Waals surface area (Å²) in [5, 5.41) is 9.24. The maximum Gasteiger partial charge on any atom is 0.512 e. The molecule has 0 rings (SSSR count). The molecule has 0 aliphatic rings. The van der Waals surface area contributed by atoms with Gasteiger partial charge in [0.15, 0.2) is 11.9 Å². The first kappa shape index (κ1) is 39.3. The Morgan fingerprint density at radius 3 is 1.02 bits per heavy atom. The lowest BCUT2D eigenvalue weighted by Gasteiger charge is -2.51. The third-order valence-corrected chi connectivity index (χ3v) is 12.5. The van der Waals surface area contributed by atoms with Crippen molar-refractivity contribution in [2.24, 2.45) is 5.73 Å². The molecule has 31 heteroatoms. The van der Waals surface area contributed by atoms with E-state index in [1.807, 2.05) is 0 Å². The van der Waals surface area contributed by atoms with Gasteiger partial charge in [0.25, 0.3) is 0 Å². The molecule has 1 unspecified atom stereocenters. The minimum absolute atomic E-state index is 0.0824. The third kappa shape index (κ3) is 5.93. The summed E-state index contributed by atoms with van der Waals surface area (Å²) in [5.41, 5.74) is -38.6. The van der Waals surface area contributed by atoms with E-state index < -0.39 is 111 Å². The number of carbonyl (C=O) groups is 2. The minimum Gasteiger partial charge on any atom is -0.479 e. The van der Waals surface area contributed by atoms with Gasteiger partial charge < -0.3 is 15.6 Å². The van der Waals surface area contributed by atoms with Crippen LogP contribution >= 0.6 is 11.8 Å². The van der Waals surface area contributed by atoms with Crippen LogP contribution in [-0.4, -0.2) is 104 Å². The van der Waals surface area contributed by atoms with Crippen LogP contribution in [0.1, 0.15) is 0 Å². The first-order valence-electron chi connectivity index (χ1n) is 8.39. The maximum absolute atomic E-state index is 13.5. The van der Waals surface area contributed by atoms with Crippen LogP contribution in [0.25, 0.3) is 0 Å². The highest BCUT2D eigenvalue weighted by atomic mass is 32.3. The molecule has 0 bridgehead atoms. The molecule has 14 nitrogen and oxygen atoms in total. The molecule has 0 saturated carbocycles. The highest BCUT2D eigenvalue weighted by Crippen LogP contribution is 2.51. The minimum atomic E-state index is -8.94. The Balaban J connectivity index is 9.76. The number of aliphatic carboxylic acids is 1. The zero-order valence-electron chi connectivity index (χ0n) is 18.4. The molecule has 0 spiro atoms. The molecule has 0 fully saturated rings. The number of halogens is 12. The van der Waals surface area contributed by atoms with Crippen LogP contribution < -0.4 is 5.73 Å². The molecule has 1 atom stereocenters. The Bertz CT molecular complexity index is 1300. The summed E-state index contributed by atoms with van der Waals surface area (Å²) in [6, 6.07) is 0. The van der Waals surface area contributed by atoms with Crippen molar-refractivity contribution < 1.29 is 101 Å². The third-order valence-electron chi connectivity index (χ3n) is 4.20. The number of hydrogen-bond donors (Lipinski definition) is 2. The first-order chi connectivity index (χ1) is 17.5. The molecule has 0 aliphatic heterocycles. The topological polar surface area (TPSA) is 223 Å². The quantitative estimate of drug-likeness (QED) is 0.124. The number of carbonyl (C=O) groups excluding carboxylic acids is 1. The number of hydrogen-bond acceptors (Lipinski definition) is 12. The van der Waals surface area contributed by atoms with Gasteiger partial charge >= 0.3 is 68.1 Å². The molecule has 244 valence electrons. The van der Waals surface area contributed by atoms with Crippen molar-refractivity contribution in [2.45, 2.75) is 33.2 Å². The number of thioether (sulfide) groups is 1. The van der Waals surface area contributed by atoms with Gasteiger partial charge in [-0.25, -0.2) is 38.5 Å². The van der Waals surface area contributed by atoms with Gasteiger partial charge in [-0.1, -0.05) is 7.42 Å². The van der Waals surface area contributed by atoms with E-state index in [1.165, 1.54) is 0 Å². The Hall–Kier alpha value is -1.67. The maximum atomic E-state index is 13.5. The summed E-state index contributed by atoms with van der Waals surface area (Å²) in [6.45, 7) is 0. The van der Waals surface area contributed by atoms with Crippen molar-refractivity contribution in [1.82, 2.24) is 7.42 Å². The number of aldehydes is 1. The summed E-state index contributed by atoms with van der Waals surface area (Å²) in [5.74, 6) is -7.06. The highest BCUT2D eigenvalue weighted by Gasteiger charge is 2.82. The van der Waals surface area contributed by atoms with E-state index in [0.29, 0.717) is 0 Å². The molecular weight excluding hydrogens is 726 g/mol. The Morgan fingerprint density at radius 2 is 0.902 bits per heavy atom. The van der Waals surface area contributed by atoms with E-state index in [0.717, 1.165) is 0 Å². The molecular formula is C10H9F12N3O11S5. The number of alkyl halides is 12. The summed E-state index contributed by atoms with van der Waals surface area (Å²) in [7, 11) is -35.8. The summed E-state index contributed by atoms with van der Waals surface area (Å²) in [4.78, 5) is 23.4. The second kappa shape index (κ2) is 10.8. The summed E-state index contributed by atoms with van der Waals surface area (Å²) >= 11 is -0.981. The van der Waals surface area contributed by atoms with E-state index >= 15 is 0 Å². The number of sulfonamides is 4. The van der Waals surface area contributed by atoms with Gasteiger partial charge in [-0.15, -0.1) is 0 Å². The predicted octanol–water partition coefficient (Wildman–Crippen LogP) is 0.0291. The summed E-state index contributed by atoms with van der Waals surface area (Å²) < 4.78 is 252. The normalized spacial score (nSPS) is 17.0. The zero-order valence-corrected chi connectivity index (χ0v) is 22.4. The lowest BCUT2D eigenvalue weighted by molar-refractivity contribution is -0.153. The average Bonchev–Trinajstić information content (AvgIpc) is 2.68. The van der Waals surface area contributed by atoms with E-state index in [-0.39, 0.29) is 6.26 Å². The van der Waals surface area contributed by atoms with E-state index in [2.05, 4.69) is 5.73 Å². The van der Waals surface area contributed by atoms with Gasteiger partial charge in [0.1, 0.15) is 0 Å². The van der Waals surface area contributed by atoms with Crippen molar-refractivity contribution in [1.29, 1.82) is 0 Å². The summed E-state index contributed by atoms with van der Waals surface area (Å²) in [6.07, 6.45) is -1.93. The largest absolute Gasteiger partial charge is 0.512 e. The fourth-order valence-corrected chi connectivity index (χ4v) is 10.6. The molecule has 0 heterocycles. The van der Waals surface area contributed by atoms with Crippen molar-refractivity contribution in [2.75, 3.05) is 12.0 Å². The van der Waals surface area contributed by atoms with Crippen LogP contribution in [0.15, 0.2) is 0 Å². The predicted molar refractivity (Wildman–Crippen MR) is 105 cm³/mol. The molecule has 41 heavy (non-hydrogen) atoms. The van der Waals surface area contributed by atoms with E-state index in [1.54, 1.807) is 0 Å². The molecule has 0 amide bonds. The van der Waals surface area contributed by atoms with Crippen LogP contribution in [0.3, 0.4) is 0 Å². The molecule has 0 aliphatic carbocycles. The lowest BCUT2D eigenvalue weighted by Crippen LogP contribution is -2.85. The number of nitrogens with two attached hydrogens (primary N) is 1. The Kier molecular flexibility index (Phi) is 10.4. The van der Waals surface area contributed by atoms with Crippen LogP contribution in [0, 0.1) is 0 Å². The number of carboxylic acids is 1. The Labute approximate surface area is 223 Å². The van der Waals surface area contributed by atoms with Crippen molar-refractivity contribution in [3.8, 4) is 0 Å². The lowest BCUT2D eigenvalue weighted by atomic mass is 9.88. The molecule has 0 aromatic heterocycles. The molecule has 0 saturated heterocycles. The SMILES string of the molecule is CSCC(N(S(=O)(=O)C(F)(F)F)S(=O)(=O)C(F)(F)F)(N(S(=O)(=O)C(F)(F)F)S(=O)(=O)C(F)(F)F)C(N)(C=O)C(=O)O. The van der Waals surface area contributed by atoms with Crippen molar-refractivity contribution >= 4 is 64.1 Å². The second-order valence-corrected chi connectivity index (χ2v) is 15.2. The number of nitrogens with zero attached hydrogens (tertiary/aromatic N) is 2. The average molecular weight is 736 g/mol. The molecule has 0 aromatic carbocycles. The fourth-order valence-electron chi connectivity index (χ4n) is 2.54. The van der Waals surface area contributed by atoms with Gasteiger partial charge in [-0.3, -0.25) is 0 Å². The van der Waals surface area contributed by atoms with Crippen LogP contribution in [0.5, 0.6) is 0 Å². The highest BCUT2D eigenvalue weighted by molar-refractivity contribution is 8.06. The zero-order chi connectivity index (χ0) is 33.9. The van der Waals surface area contributed by atoms with Crippen molar-refractivity contribution in [3.05, 3.63) is 0 Å².